The summed E-state index contributed by atoms with van der Waals surface area (Å²) >= 11 is 0. The molecule has 2 bridgehead atoms. The lowest BCUT2D eigenvalue weighted by Gasteiger charge is -2.54. The molecule has 144 valence electrons. The van der Waals surface area contributed by atoms with Crippen LogP contribution >= 0.6 is 0 Å². The summed E-state index contributed by atoms with van der Waals surface area (Å²) in [4.78, 5) is 17.9. The Morgan fingerprint density at radius 3 is 2.89 bits per heavy atom. The number of hydrogen-bond acceptors (Lipinski definition) is 2. The van der Waals surface area contributed by atoms with Gasteiger partial charge in [0, 0.05) is 25.7 Å². The Kier molecular flexibility index (Phi) is 4.68. The first-order chi connectivity index (χ1) is 13.3. The van der Waals surface area contributed by atoms with E-state index < -0.39 is 0 Å². The van der Waals surface area contributed by atoms with E-state index in [4.69, 9.17) is 0 Å². The highest BCUT2D eigenvalue weighted by molar-refractivity contribution is 5.75. The molecule has 4 nitrogen and oxygen atoms in total. The zero-order valence-corrected chi connectivity index (χ0v) is 16.1. The van der Waals surface area contributed by atoms with Crippen molar-refractivity contribution in [3.05, 3.63) is 47.5 Å². The molecular weight excluding hydrogens is 334 g/mol. The van der Waals surface area contributed by atoms with E-state index in [9.17, 15) is 4.79 Å². The molecule has 1 aromatic rings. The maximum atomic E-state index is 13.0. The van der Waals surface area contributed by atoms with Crippen LogP contribution in [0.3, 0.4) is 0 Å². The summed E-state index contributed by atoms with van der Waals surface area (Å²) in [6.45, 7) is 3.95. The van der Waals surface area contributed by atoms with Gasteiger partial charge in [0.15, 0.2) is 0 Å². The number of benzene rings is 1. The molecule has 4 atom stereocenters. The van der Waals surface area contributed by atoms with E-state index in [1.54, 1.807) is 5.57 Å². The zero-order chi connectivity index (χ0) is 18.2. The minimum atomic E-state index is 0.119. The number of hydrogen-bond donors (Lipinski definition) is 1. The van der Waals surface area contributed by atoms with Gasteiger partial charge in [-0.1, -0.05) is 48.4 Å². The van der Waals surface area contributed by atoms with Gasteiger partial charge in [-0.3, -0.25) is 4.90 Å². The number of piperidine rings is 3. The number of nitrogens with one attached hydrogen (secondary N) is 1. The number of rotatable bonds is 2. The molecular formula is C23H31N3O. The fourth-order valence-electron chi connectivity index (χ4n) is 6.08. The van der Waals surface area contributed by atoms with Crippen molar-refractivity contribution < 1.29 is 4.79 Å². The van der Waals surface area contributed by atoms with Gasteiger partial charge < -0.3 is 10.2 Å². The van der Waals surface area contributed by atoms with Crippen molar-refractivity contribution in [2.45, 2.75) is 57.2 Å². The van der Waals surface area contributed by atoms with Gasteiger partial charge in [-0.05, 0) is 56.0 Å². The first kappa shape index (κ1) is 17.3. The molecule has 0 radical (unpaired) electrons. The van der Waals surface area contributed by atoms with Gasteiger partial charge in [-0.2, -0.15) is 0 Å². The smallest absolute Gasteiger partial charge is 0.318 e. The van der Waals surface area contributed by atoms with Gasteiger partial charge in [-0.25, -0.2) is 4.79 Å². The molecule has 4 heteroatoms. The quantitative estimate of drug-likeness (QED) is 0.810. The average molecular weight is 366 g/mol. The Morgan fingerprint density at radius 1 is 1.11 bits per heavy atom. The van der Waals surface area contributed by atoms with Crippen molar-refractivity contribution in [1.82, 2.24) is 15.1 Å². The van der Waals surface area contributed by atoms with Crippen molar-refractivity contribution in [3.63, 3.8) is 0 Å². The normalized spacial score (nSPS) is 32.9. The Hall–Kier alpha value is -1.81. The van der Waals surface area contributed by atoms with Crippen molar-refractivity contribution >= 4 is 6.03 Å². The number of urea groups is 1. The summed E-state index contributed by atoms with van der Waals surface area (Å²) in [6.07, 6.45) is 10.3. The third kappa shape index (κ3) is 3.29. The van der Waals surface area contributed by atoms with Crippen LogP contribution in [0.25, 0.3) is 0 Å². The Morgan fingerprint density at radius 2 is 2.00 bits per heavy atom. The molecule has 0 unspecified atom stereocenters. The lowest BCUT2D eigenvalue weighted by molar-refractivity contribution is 0.00788. The van der Waals surface area contributed by atoms with Gasteiger partial charge >= 0.3 is 6.03 Å². The molecule has 0 spiro atoms. The molecule has 3 heterocycles. The topological polar surface area (TPSA) is 35.6 Å². The van der Waals surface area contributed by atoms with Crippen molar-refractivity contribution in [3.8, 4) is 0 Å². The van der Waals surface area contributed by atoms with Crippen LogP contribution in [0.2, 0.25) is 0 Å². The molecule has 1 aliphatic carbocycles. The van der Waals surface area contributed by atoms with E-state index in [1.165, 1.54) is 45.2 Å². The lowest BCUT2D eigenvalue weighted by atomic mass is 9.68. The first-order valence-corrected chi connectivity index (χ1v) is 10.8. The summed E-state index contributed by atoms with van der Waals surface area (Å²) in [5, 5.41) is 3.18. The number of amides is 2. The highest BCUT2D eigenvalue weighted by Crippen LogP contribution is 2.44. The maximum absolute atomic E-state index is 13.0. The van der Waals surface area contributed by atoms with E-state index in [2.05, 4.69) is 33.3 Å². The maximum Gasteiger partial charge on any atom is 0.318 e. The number of likely N-dealkylation sites (tertiary alicyclic amines) is 1. The summed E-state index contributed by atoms with van der Waals surface area (Å²) < 4.78 is 0. The zero-order valence-electron chi connectivity index (χ0n) is 16.1. The summed E-state index contributed by atoms with van der Waals surface area (Å²) in [7, 11) is 0. The van der Waals surface area contributed by atoms with Crippen LogP contribution in [0, 0.1) is 11.8 Å². The fourth-order valence-corrected chi connectivity index (χ4v) is 6.08. The van der Waals surface area contributed by atoms with Crippen molar-refractivity contribution in [2.75, 3.05) is 19.6 Å². The van der Waals surface area contributed by atoms with Crippen LogP contribution in [0.5, 0.6) is 0 Å². The van der Waals surface area contributed by atoms with E-state index in [1.807, 2.05) is 18.2 Å². The van der Waals surface area contributed by atoms with Crippen LogP contribution in [0.4, 0.5) is 4.79 Å². The van der Waals surface area contributed by atoms with Crippen molar-refractivity contribution in [2.24, 2.45) is 11.8 Å². The minimum absolute atomic E-state index is 0.119. The van der Waals surface area contributed by atoms with E-state index in [0.717, 1.165) is 30.5 Å². The highest BCUT2D eigenvalue weighted by Gasteiger charge is 2.46. The van der Waals surface area contributed by atoms with Crippen LogP contribution in [-0.2, 0) is 6.54 Å². The molecule has 0 aromatic heterocycles. The Balaban J connectivity index is 1.33. The predicted molar refractivity (Wildman–Crippen MR) is 107 cm³/mol. The molecule has 3 aliphatic heterocycles. The monoisotopic (exact) mass is 365 g/mol. The second kappa shape index (κ2) is 7.31. The number of fused-ring (bicyclic) bond motifs is 6. The fraction of sp³-hybridized carbons (Fsp3) is 0.609. The molecule has 3 saturated heterocycles. The lowest BCUT2D eigenvalue weighted by Crippen LogP contribution is -2.61. The van der Waals surface area contributed by atoms with Crippen LogP contribution in [0.1, 0.15) is 44.1 Å². The number of carbonyl (C=O) groups is 1. The molecule has 5 rings (SSSR count). The van der Waals surface area contributed by atoms with E-state index in [0.29, 0.717) is 18.5 Å². The molecule has 3 fully saturated rings. The Labute approximate surface area is 162 Å². The summed E-state index contributed by atoms with van der Waals surface area (Å²) in [5.41, 5.74) is 2.72. The van der Waals surface area contributed by atoms with Crippen molar-refractivity contribution in [1.29, 1.82) is 0 Å². The molecule has 27 heavy (non-hydrogen) atoms. The second-order valence-corrected chi connectivity index (χ2v) is 8.85. The average Bonchev–Trinajstić information content (AvgIpc) is 2.72. The SMILES string of the molecule is O=C(NCc1ccccc1)N1CCCC2=C[C@H]3C[C@H](CN4CCCC[C@@H]34)[C@@H]21. The summed E-state index contributed by atoms with van der Waals surface area (Å²) in [6, 6.07) is 11.4. The van der Waals surface area contributed by atoms with Gasteiger partial charge in [-0.15, -0.1) is 0 Å². The number of carbonyl (C=O) groups excluding carboxylic acids is 1. The standard InChI is InChI=1S/C23H31N3O/c27-23(24-15-17-7-2-1-3-8-17)26-12-6-9-18-13-19-14-20(22(18)26)16-25-11-5-4-10-21(19)25/h1-3,7-8,13,19-22H,4-6,9-12,14-16H2,(H,24,27)/t19-,20+,21-,22+/m0/s1. The molecule has 1 aromatic carbocycles. The largest absolute Gasteiger partial charge is 0.334 e. The predicted octanol–water partition coefficient (Wildman–Crippen LogP) is 3.79. The Bertz CT molecular complexity index is 716. The van der Waals surface area contributed by atoms with Gasteiger partial charge in [0.05, 0.1) is 6.04 Å². The van der Waals surface area contributed by atoms with Crippen LogP contribution in [-0.4, -0.2) is 47.5 Å². The molecule has 4 aliphatic rings. The molecule has 1 N–H and O–H groups in total. The number of nitrogens with zero attached hydrogens (tertiary/aromatic N) is 2. The van der Waals surface area contributed by atoms with E-state index in [-0.39, 0.29) is 6.03 Å². The van der Waals surface area contributed by atoms with Gasteiger partial charge in [0.1, 0.15) is 0 Å². The highest BCUT2D eigenvalue weighted by atomic mass is 16.2. The van der Waals surface area contributed by atoms with E-state index >= 15 is 0 Å². The van der Waals surface area contributed by atoms with Crippen LogP contribution in [0.15, 0.2) is 42.0 Å². The van der Waals surface area contributed by atoms with Crippen LogP contribution < -0.4 is 5.32 Å². The third-order valence-electron chi connectivity index (χ3n) is 7.20. The van der Waals surface area contributed by atoms with Gasteiger partial charge in [0.25, 0.3) is 0 Å². The second-order valence-electron chi connectivity index (χ2n) is 8.85. The van der Waals surface area contributed by atoms with Gasteiger partial charge in [0.2, 0.25) is 0 Å². The third-order valence-corrected chi connectivity index (χ3v) is 7.20. The minimum Gasteiger partial charge on any atom is -0.334 e. The summed E-state index contributed by atoms with van der Waals surface area (Å²) in [5.74, 6) is 1.34. The first-order valence-electron chi connectivity index (χ1n) is 10.8. The molecule has 0 saturated carbocycles. The molecule has 2 amide bonds.